The summed E-state index contributed by atoms with van der Waals surface area (Å²) in [7, 11) is 0. The first-order chi connectivity index (χ1) is 8.43. The molecule has 0 spiro atoms. The number of fused-ring (bicyclic) bond motifs is 1. The summed E-state index contributed by atoms with van der Waals surface area (Å²) in [5.41, 5.74) is 0.963. The van der Waals surface area contributed by atoms with Crippen LogP contribution >= 0.6 is 0 Å². The molecule has 0 aromatic carbocycles. The summed E-state index contributed by atoms with van der Waals surface area (Å²) in [6.45, 7) is 0.743. The number of hydrogen-bond donors (Lipinski definition) is 2. The van der Waals surface area contributed by atoms with Crippen molar-refractivity contribution in [3.63, 3.8) is 0 Å². The van der Waals surface area contributed by atoms with Gasteiger partial charge in [-0.1, -0.05) is 0 Å². The van der Waals surface area contributed by atoms with E-state index in [9.17, 15) is 0 Å². The van der Waals surface area contributed by atoms with E-state index in [4.69, 9.17) is 0 Å². The topological polar surface area (TPSA) is 83.8 Å². The number of nitrogens with zero attached hydrogens (tertiary/aromatic N) is 5. The molecular formula is C10H11N7. The van der Waals surface area contributed by atoms with Crippen molar-refractivity contribution in [3.8, 4) is 0 Å². The molecule has 7 heteroatoms. The van der Waals surface area contributed by atoms with E-state index in [0.29, 0.717) is 0 Å². The van der Waals surface area contributed by atoms with Gasteiger partial charge >= 0.3 is 0 Å². The minimum Gasteiger partial charge on any atom is -0.368 e. The molecule has 3 rings (SSSR count). The molecule has 0 saturated carbocycles. The fraction of sp³-hybridized carbons (Fsp3) is 0.200. The van der Waals surface area contributed by atoms with Crippen molar-refractivity contribution >= 4 is 11.3 Å². The van der Waals surface area contributed by atoms with Gasteiger partial charge in [0.1, 0.15) is 17.7 Å². The lowest BCUT2D eigenvalue weighted by atomic mass is 10.4. The first-order valence-corrected chi connectivity index (χ1v) is 5.30. The molecule has 0 radical (unpaired) electrons. The van der Waals surface area contributed by atoms with E-state index in [-0.39, 0.29) is 0 Å². The summed E-state index contributed by atoms with van der Waals surface area (Å²) >= 11 is 0. The summed E-state index contributed by atoms with van der Waals surface area (Å²) in [4.78, 5) is 8.33. The van der Waals surface area contributed by atoms with Crippen molar-refractivity contribution in [3.05, 3.63) is 36.8 Å². The van der Waals surface area contributed by atoms with Gasteiger partial charge in [0.25, 0.3) is 0 Å². The number of anilines is 1. The van der Waals surface area contributed by atoms with Gasteiger partial charge < -0.3 is 5.32 Å². The van der Waals surface area contributed by atoms with E-state index < -0.39 is 0 Å². The molecule has 0 aliphatic heterocycles. The van der Waals surface area contributed by atoms with Crippen molar-refractivity contribution in [2.75, 3.05) is 11.9 Å². The molecule has 0 bridgehead atoms. The van der Waals surface area contributed by atoms with E-state index in [1.165, 1.54) is 6.33 Å². The maximum Gasteiger partial charge on any atom is 0.152 e. The summed E-state index contributed by atoms with van der Waals surface area (Å²) in [5, 5.41) is 14.0. The highest BCUT2D eigenvalue weighted by molar-refractivity contribution is 5.66. The molecule has 0 fully saturated rings. The Hall–Kier alpha value is -2.44. The largest absolute Gasteiger partial charge is 0.368 e. The second-order valence-corrected chi connectivity index (χ2v) is 3.55. The van der Waals surface area contributed by atoms with Crippen LogP contribution in [-0.4, -0.2) is 36.3 Å². The molecule has 86 valence electrons. The third kappa shape index (κ3) is 1.94. The average Bonchev–Trinajstić information content (AvgIpc) is 2.99. The molecule has 3 heterocycles. The lowest BCUT2D eigenvalue weighted by Crippen LogP contribution is -2.08. The van der Waals surface area contributed by atoms with Crippen LogP contribution in [0.25, 0.3) is 5.52 Å². The van der Waals surface area contributed by atoms with E-state index in [1.54, 1.807) is 16.9 Å². The predicted octanol–water partition coefficient (Wildman–Crippen LogP) is 0.502. The Bertz CT molecular complexity index is 598. The quantitative estimate of drug-likeness (QED) is 0.680. The molecule has 0 aliphatic carbocycles. The highest BCUT2D eigenvalue weighted by Crippen LogP contribution is 2.11. The van der Waals surface area contributed by atoms with Crippen LogP contribution in [-0.2, 0) is 6.42 Å². The Labute approximate surface area is 96.9 Å². The highest BCUT2D eigenvalue weighted by atomic mass is 15.2. The van der Waals surface area contributed by atoms with Crippen molar-refractivity contribution < 1.29 is 0 Å². The van der Waals surface area contributed by atoms with Crippen LogP contribution in [0.5, 0.6) is 0 Å². The minimum absolute atomic E-state index is 0.743. The monoisotopic (exact) mass is 229 g/mol. The maximum atomic E-state index is 4.28. The number of aromatic amines is 1. The van der Waals surface area contributed by atoms with Crippen molar-refractivity contribution in [2.45, 2.75) is 6.42 Å². The van der Waals surface area contributed by atoms with Gasteiger partial charge in [-0.3, -0.25) is 5.10 Å². The van der Waals surface area contributed by atoms with Gasteiger partial charge in [-0.05, 0) is 6.07 Å². The number of aromatic nitrogens is 6. The van der Waals surface area contributed by atoms with E-state index in [1.807, 2.05) is 12.3 Å². The highest BCUT2D eigenvalue weighted by Gasteiger charge is 2.02. The first kappa shape index (κ1) is 9.76. The van der Waals surface area contributed by atoms with E-state index in [2.05, 4.69) is 30.6 Å². The third-order valence-corrected chi connectivity index (χ3v) is 2.44. The molecule has 7 nitrogen and oxygen atoms in total. The second-order valence-electron chi connectivity index (χ2n) is 3.55. The Kier molecular flexibility index (Phi) is 2.41. The average molecular weight is 229 g/mol. The number of H-pyrrole nitrogens is 1. The molecular weight excluding hydrogens is 218 g/mol. The third-order valence-electron chi connectivity index (χ3n) is 2.44. The fourth-order valence-corrected chi connectivity index (χ4v) is 1.64. The van der Waals surface area contributed by atoms with Gasteiger partial charge in [0, 0.05) is 25.4 Å². The van der Waals surface area contributed by atoms with E-state index in [0.717, 1.165) is 30.1 Å². The van der Waals surface area contributed by atoms with Crippen LogP contribution in [0.4, 0.5) is 5.82 Å². The molecule has 3 aromatic rings. The molecule has 0 saturated heterocycles. The van der Waals surface area contributed by atoms with Crippen LogP contribution in [0.15, 0.2) is 31.0 Å². The lowest BCUT2D eigenvalue weighted by molar-refractivity contribution is 0.891. The Morgan fingerprint density at radius 1 is 1.29 bits per heavy atom. The summed E-state index contributed by atoms with van der Waals surface area (Å²) < 4.78 is 1.78. The second kappa shape index (κ2) is 4.20. The zero-order valence-electron chi connectivity index (χ0n) is 9.04. The summed E-state index contributed by atoms with van der Waals surface area (Å²) in [6.07, 6.45) is 7.56. The van der Waals surface area contributed by atoms with Gasteiger partial charge in [0.2, 0.25) is 0 Å². The minimum atomic E-state index is 0.743. The number of rotatable bonds is 4. The normalized spacial score (nSPS) is 10.8. The van der Waals surface area contributed by atoms with Crippen LogP contribution in [0, 0.1) is 0 Å². The summed E-state index contributed by atoms with van der Waals surface area (Å²) in [6, 6.07) is 1.92. The van der Waals surface area contributed by atoms with Crippen molar-refractivity contribution in [1.82, 2.24) is 29.8 Å². The van der Waals surface area contributed by atoms with Gasteiger partial charge in [-0.15, -0.1) is 0 Å². The van der Waals surface area contributed by atoms with Gasteiger partial charge in [0.05, 0.1) is 6.20 Å². The zero-order chi connectivity index (χ0) is 11.5. The van der Waals surface area contributed by atoms with Crippen molar-refractivity contribution in [1.29, 1.82) is 0 Å². The Morgan fingerprint density at radius 3 is 3.18 bits per heavy atom. The standard InChI is InChI=1S/C10H11N7/c1-4-15-17-6-5-12-10(8(1)17)11-3-2-9-13-7-14-16-9/h1,4-7H,2-3H2,(H,11,12)(H,13,14,16). The van der Waals surface area contributed by atoms with Gasteiger partial charge in [0.15, 0.2) is 5.82 Å². The van der Waals surface area contributed by atoms with Crippen LogP contribution < -0.4 is 5.32 Å². The molecule has 3 aromatic heterocycles. The Balaban J connectivity index is 1.70. The molecule has 17 heavy (non-hydrogen) atoms. The fourth-order valence-electron chi connectivity index (χ4n) is 1.64. The SMILES string of the molecule is c1n[nH]c(CCNc2nccn3nccc23)n1. The lowest BCUT2D eigenvalue weighted by Gasteiger charge is -2.05. The van der Waals surface area contributed by atoms with Crippen molar-refractivity contribution in [2.24, 2.45) is 0 Å². The van der Waals surface area contributed by atoms with Crippen LogP contribution in [0.3, 0.4) is 0 Å². The smallest absolute Gasteiger partial charge is 0.152 e. The number of nitrogens with one attached hydrogen (secondary N) is 2. The van der Waals surface area contributed by atoms with Gasteiger partial charge in [-0.2, -0.15) is 10.2 Å². The summed E-state index contributed by atoms with van der Waals surface area (Å²) in [5.74, 6) is 1.68. The maximum absolute atomic E-state index is 4.28. The molecule has 0 amide bonds. The van der Waals surface area contributed by atoms with E-state index >= 15 is 0 Å². The Morgan fingerprint density at radius 2 is 2.29 bits per heavy atom. The van der Waals surface area contributed by atoms with Crippen LogP contribution in [0.1, 0.15) is 5.82 Å². The molecule has 0 unspecified atom stereocenters. The zero-order valence-corrected chi connectivity index (χ0v) is 9.04. The molecule has 0 atom stereocenters. The number of hydrogen-bond acceptors (Lipinski definition) is 5. The van der Waals surface area contributed by atoms with Crippen LogP contribution in [0.2, 0.25) is 0 Å². The molecule has 0 aliphatic rings. The molecule has 2 N–H and O–H groups in total. The predicted molar refractivity (Wildman–Crippen MR) is 61.6 cm³/mol. The van der Waals surface area contributed by atoms with Gasteiger partial charge in [-0.25, -0.2) is 14.5 Å². The first-order valence-electron chi connectivity index (χ1n) is 5.30.